The number of hydrogen-bond acceptors (Lipinski definition) is 9. The van der Waals surface area contributed by atoms with Gasteiger partial charge in [0.15, 0.2) is 5.96 Å². The van der Waals surface area contributed by atoms with Gasteiger partial charge in [-0.05, 0) is 30.9 Å². The van der Waals surface area contributed by atoms with Gasteiger partial charge < -0.3 is 36.0 Å². The van der Waals surface area contributed by atoms with Crippen LogP contribution >= 0.6 is 0 Å². The number of aliphatic imine (C=N–C) groups is 1. The Kier molecular flexibility index (Phi) is 9.32. The topological polar surface area (TPSA) is 157 Å². The molecule has 2 amide bonds. The fourth-order valence-corrected chi connectivity index (χ4v) is 4.25. The Morgan fingerprint density at radius 1 is 1.16 bits per heavy atom. The fourth-order valence-electron chi connectivity index (χ4n) is 4.25. The van der Waals surface area contributed by atoms with Gasteiger partial charge in [-0.3, -0.25) is 9.79 Å². The Morgan fingerprint density at radius 3 is 2.66 bits per heavy atom. The van der Waals surface area contributed by atoms with Crippen LogP contribution in [0.5, 0.6) is 0 Å². The summed E-state index contributed by atoms with van der Waals surface area (Å²) in [5, 5.41) is 20.9. The third-order valence-electron chi connectivity index (χ3n) is 6.38. The molecule has 0 aliphatic carbocycles. The predicted octanol–water partition coefficient (Wildman–Crippen LogP) is 1.56. The van der Waals surface area contributed by atoms with Crippen LogP contribution in [0.2, 0.25) is 0 Å². The first-order valence-electron chi connectivity index (χ1n) is 12.7. The standard InChI is InChI=1S/C26H33N7O5/c34-23(30-16-21(24(35)36)32-26(37)38-17-18-5-2-1-3-6-18)19-8-13-33(14-9-19)22-15-20(7-12-27-22)31-25-28-10-4-11-29-25/h1-3,5-7,12,15,19,21H,4,8-11,13-14,16-17H2,(H,30,34)(H,32,37)(H,35,36)(H2,27,28,29,31). The fraction of sp³-hybridized carbons (Fsp3) is 0.423. The molecule has 202 valence electrons. The Labute approximate surface area is 220 Å². The number of hydrogen-bond donors (Lipinski definition) is 5. The SMILES string of the molecule is O=C(NC(CNC(=O)C1CCN(c2cc(NC3=NCCCN3)ccn2)CC1)C(=O)O)OCc1ccccc1. The second-order valence-corrected chi connectivity index (χ2v) is 9.14. The smallest absolute Gasteiger partial charge is 0.408 e. The van der Waals surface area contributed by atoms with Gasteiger partial charge in [0.25, 0.3) is 0 Å². The molecule has 1 atom stereocenters. The molecular weight excluding hydrogens is 490 g/mol. The summed E-state index contributed by atoms with van der Waals surface area (Å²) >= 11 is 0. The molecule has 0 spiro atoms. The van der Waals surface area contributed by atoms with Gasteiger partial charge in [-0.25, -0.2) is 14.6 Å². The molecule has 1 fully saturated rings. The molecule has 12 heteroatoms. The van der Waals surface area contributed by atoms with Crippen molar-refractivity contribution in [1.29, 1.82) is 0 Å². The van der Waals surface area contributed by atoms with E-state index >= 15 is 0 Å². The summed E-state index contributed by atoms with van der Waals surface area (Å²) in [4.78, 5) is 47.4. The largest absolute Gasteiger partial charge is 0.480 e. The first-order chi connectivity index (χ1) is 18.5. The highest BCUT2D eigenvalue weighted by Crippen LogP contribution is 2.24. The van der Waals surface area contributed by atoms with E-state index in [2.05, 4.69) is 36.1 Å². The van der Waals surface area contributed by atoms with Crippen molar-refractivity contribution in [1.82, 2.24) is 20.9 Å². The van der Waals surface area contributed by atoms with Gasteiger partial charge in [-0.2, -0.15) is 0 Å². The van der Waals surface area contributed by atoms with Crippen LogP contribution in [-0.4, -0.2) is 72.8 Å². The number of piperidine rings is 1. The molecule has 2 aromatic rings. The van der Waals surface area contributed by atoms with Gasteiger partial charge in [-0.1, -0.05) is 30.3 Å². The Balaban J connectivity index is 1.21. The minimum absolute atomic E-state index is 0.0173. The number of carbonyl (C=O) groups excluding carboxylic acids is 2. The third-order valence-corrected chi connectivity index (χ3v) is 6.38. The van der Waals surface area contributed by atoms with Gasteiger partial charge >= 0.3 is 12.1 Å². The van der Waals surface area contributed by atoms with Crippen LogP contribution < -0.4 is 26.2 Å². The summed E-state index contributed by atoms with van der Waals surface area (Å²) in [6, 6.07) is 11.6. The molecule has 4 rings (SSSR count). The maximum atomic E-state index is 12.7. The molecule has 1 aromatic carbocycles. The molecule has 0 bridgehead atoms. The van der Waals surface area contributed by atoms with Gasteiger partial charge in [0.1, 0.15) is 18.5 Å². The predicted molar refractivity (Wildman–Crippen MR) is 142 cm³/mol. The lowest BCUT2D eigenvalue weighted by Crippen LogP contribution is -2.50. The highest BCUT2D eigenvalue weighted by atomic mass is 16.5. The van der Waals surface area contributed by atoms with E-state index in [1.165, 1.54) is 0 Å². The zero-order chi connectivity index (χ0) is 26.7. The summed E-state index contributed by atoms with van der Waals surface area (Å²) < 4.78 is 5.08. The summed E-state index contributed by atoms with van der Waals surface area (Å²) in [7, 11) is 0. The van der Waals surface area contributed by atoms with E-state index in [0.29, 0.717) is 25.9 Å². The van der Waals surface area contributed by atoms with Crippen molar-refractivity contribution >= 4 is 35.4 Å². The number of benzene rings is 1. The van der Waals surface area contributed by atoms with Crippen LogP contribution in [0.4, 0.5) is 16.3 Å². The molecule has 38 heavy (non-hydrogen) atoms. The number of aliphatic carboxylic acids is 1. The second-order valence-electron chi connectivity index (χ2n) is 9.14. The Morgan fingerprint density at radius 2 is 1.95 bits per heavy atom. The lowest BCUT2D eigenvalue weighted by molar-refractivity contribution is -0.139. The molecular formula is C26H33N7O5. The molecule has 5 N–H and O–H groups in total. The number of carboxylic acids is 1. The zero-order valence-corrected chi connectivity index (χ0v) is 21.1. The van der Waals surface area contributed by atoms with E-state index < -0.39 is 18.1 Å². The quantitative estimate of drug-likeness (QED) is 0.329. The number of rotatable bonds is 9. The number of amides is 2. The summed E-state index contributed by atoms with van der Waals surface area (Å²) in [6.07, 6.45) is 3.10. The van der Waals surface area contributed by atoms with Crippen molar-refractivity contribution in [2.24, 2.45) is 10.9 Å². The minimum atomic E-state index is -1.30. The molecule has 1 aromatic heterocycles. The average Bonchev–Trinajstić information content (AvgIpc) is 2.95. The molecule has 1 unspecified atom stereocenters. The van der Waals surface area contributed by atoms with E-state index in [1.807, 2.05) is 30.3 Å². The first-order valence-corrected chi connectivity index (χ1v) is 12.7. The summed E-state index contributed by atoms with van der Waals surface area (Å²) in [5.74, 6) is -0.185. The van der Waals surface area contributed by atoms with E-state index in [-0.39, 0.29) is 25.0 Å². The molecule has 12 nitrogen and oxygen atoms in total. The number of guanidine groups is 1. The molecule has 2 aliphatic rings. The number of nitrogens with one attached hydrogen (secondary N) is 4. The van der Waals surface area contributed by atoms with E-state index in [4.69, 9.17) is 4.74 Å². The number of pyridine rings is 1. The van der Waals surface area contributed by atoms with Crippen molar-refractivity contribution in [3.8, 4) is 0 Å². The average molecular weight is 524 g/mol. The number of anilines is 2. The van der Waals surface area contributed by atoms with Crippen LogP contribution in [0.3, 0.4) is 0 Å². The molecule has 3 heterocycles. The van der Waals surface area contributed by atoms with Crippen LogP contribution in [0.25, 0.3) is 0 Å². The Bertz CT molecular complexity index is 1140. The van der Waals surface area contributed by atoms with E-state index in [1.54, 1.807) is 18.3 Å². The number of aromatic nitrogens is 1. The highest BCUT2D eigenvalue weighted by Gasteiger charge is 2.28. The number of carboxylic acid groups (broad SMARTS) is 1. The zero-order valence-electron chi connectivity index (χ0n) is 21.1. The maximum Gasteiger partial charge on any atom is 0.408 e. The third kappa shape index (κ3) is 7.82. The van der Waals surface area contributed by atoms with E-state index in [0.717, 1.165) is 42.5 Å². The van der Waals surface area contributed by atoms with Crippen molar-refractivity contribution < 1.29 is 24.2 Å². The van der Waals surface area contributed by atoms with Crippen LogP contribution in [-0.2, 0) is 20.9 Å². The summed E-state index contributed by atoms with van der Waals surface area (Å²) in [6.45, 7) is 2.75. The van der Waals surface area contributed by atoms with Crippen LogP contribution in [0.1, 0.15) is 24.8 Å². The lowest BCUT2D eigenvalue weighted by atomic mass is 9.95. The highest BCUT2D eigenvalue weighted by molar-refractivity contribution is 5.94. The lowest BCUT2D eigenvalue weighted by Gasteiger charge is -2.32. The van der Waals surface area contributed by atoms with Crippen LogP contribution in [0.15, 0.2) is 53.7 Å². The molecule has 2 aliphatic heterocycles. The monoisotopic (exact) mass is 523 g/mol. The number of carbonyl (C=O) groups is 3. The van der Waals surface area contributed by atoms with Gasteiger partial charge in [0.2, 0.25) is 5.91 Å². The Hall–Kier alpha value is -4.35. The maximum absolute atomic E-state index is 12.7. The van der Waals surface area contributed by atoms with E-state index in [9.17, 15) is 19.5 Å². The van der Waals surface area contributed by atoms with Crippen molar-refractivity contribution in [3.05, 3.63) is 54.2 Å². The van der Waals surface area contributed by atoms with Gasteiger partial charge in [0.05, 0.1) is 0 Å². The van der Waals surface area contributed by atoms with Crippen LogP contribution in [0, 0.1) is 5.92 Å². The van der Waals surface area contributed by atoms with Gasteiger partial charge in [0, 0.05) is 56.6 Å². The minimum Gasteiger partial charge on any atom is -0.480 e. The molecule has 0 radical (unpaired) electrons. The second kappa shape index (κ2) is 13.3. The van der Waals surface area contributed by atoms with Gasteiger partial charge in [-0.15, -0.1) is 0 Å². The first kappa shape index (κ1) is 26.7. The summed E-state index contributed by atoms with van der Waals surface area (Å²) in [5.41, 5.74) is 1.67. The van der Waals surface area contributed by atoms with Crippen molar-refractivity contribution in [3.63, 3.8) is 0 Å². The normalized spacial score (nSPS) is 16.4. The molecule has 1 saturated heterocycles. The van der Waals surface area contributed by atoms with Crippen molar-refractivity contribution in [2.45, 2.75) is 31.9 Å². The number of nitrogens with zero attached hydrogens (tertiary/aromatic N) is 3. The van der Waals surface area contributed by atoms with Crippen molar-refractivity contribution in [2.75, 3.05) is 42.9 Å². The number of ether oxygens (including phenoxy) is 1. The number of alkyl carbamates (subject to hydrolysis) is 1. The molecule has 0 saturated carbocycles.